The Kier molecular flexibility index (Phi) is 9.90. The van der Waals surface area contributed by atoms with Crippen LogP contribution in [-0.2, 0) is 0 Å². The van der Waals surface area contributed by atoms with Crippen molar-refractivity contribution in [1.29, 1.82) is 0 Å². The second-order valence-electron chi connectivity index (χ2n) is 13.9. The standard InChI is InChI=1S/C50H34F2N6S2/c51-47-27-29-49(57(47)37-9-3-1-4-10-37)55(41-13-7-31-53-33-41)39-19-15-35(16-20-39)43-23-25-45(59-43)46-26-24-44(60-46)36-17-21-40(22-18-36)56(42-14-8-32-54-34-42)50-30-28-48(52)58(50)38-11-5-2-6-12-38/h1-34H. The number of para-hydroxylation sites is 2. The molecule has 0 saturated carbocycles. The van der Waals surface area contributed by atoms with Crippen LogP contribution < -0.4 is 9.80 Å². The molecule has 0 spiro atoms. The number of benzene rings is 4. The minimum absolute atomic E-state index is 0.350. The predicted molar refractivity (Wildman–Crippen MR) is 242 cm³/mol. The van der Waals surface area contributed by atoms with Crippen LogP contribution >= 0.6 is 22.7 Å². The van der Waals surface area contributed by atoms with E-state index in [1.807, 2.05) is 94.7 Å². The van der Waals surface area contributed by atoms with Gasteiger partial charge in [0.1, 0.15) is 11.6 Å². The lowest BCUT2D eigenvalue weighted by molar-refractivity contribution is 0.560. The molecular weight excluding hydrogens is 787 g/mol. The van der Waals surface area contributed by atoms with Crippen LogP contribution in [0.15, 0.2) is 207 Å². The van der Waals surface area contributed by atoms with Gasteiger partial charge in [-0.15, -0.1) is 22.7 Å². The molecule has 0 atom stereocenters. The average Bonchev–Trinajstić information content (AvgIpc) is 4.14. The van der Waals surface area contributed by atoms with Crippen LogP contribution in [0.5, 0.6) is 0 Å². The van der Waals surface area contributed by atoms with Crippen molar-refractivity contribution in [3.8, 4) is 42.0 Å². The molecule has 10 heteroatoms. The Morgan fingerprint density at radius 1 is 0.367 bits per heavy atom. The first kappa shape index (κ1) is 36.9. The molecular formula is C50H34F2N6S2. The minimum Gasteiger partial charge on any atom is -0.295 e. The van der Waals surface area contributed by atoms with Crippen molar-refractivity contribution < 1.29 is 8.78 Å². The number of hydrogen-bond donors (Lipinski definition) is 0. The largest absolute Gasteiger partial charge is 0.295 e. The van der Waals surface area contributed by atoms with Crippen molar-refractivity contribution in [3.63, 3.8) is 0 Å². The van der Waals surface area contributed by atoms with Crippen molar-refractivity contribution in [3.05, 3.63) is 219 Å². The van der Waals surface area contributed by atoms with Crippen molar-refractivity contribution in [2.45, 2.75) is 0 Å². The first-order valence-electron chi connectivity index (χ1n) is 19.3. The summed E-state index contributed by atoms with van der Waals surface area (Å²) in [5.41, 5.74) is 7.06. The summed E-state index contributed by atoms with van der Waals surface area (Å²) in [7, 11) is 0. The van der Waals surface area contributed by atoms with Gasteiger partial charge in [0, 0.05) is 54.7 Å². The number of hydrogen-bond acceptors (Lipinski definition) is 6. The number of rotatable bonds is 11. The van der Waals surface area contributed by atoms with Crippen molar-refractivity contribution in [2.75, 3.05) is 9.80 Å². The van der Waals surface area contributed by atoms with E-state index in [1.54, 1.807) is 68.7 Å². The normalized spacial score (nSPS) is 11.2. The third kappa shape index (κ3) is 7.08. The fourth-order valence-electron chi connectivity index (χ4n) is 7.42. The molecule has 0 aliphatic heterocycles. The van der Waals surface area contributed by atoms with Gasteiger partial charge in [0.15, 0.2) is 11.9 Å². The van der Waals surface area contributed by atoms with Crippen LogP contribution in [0.3, 0.4) is 0 Å². The Balaban J connectivity index is 0.910. The molecule has 6 heterocycles. The molecule has 10 aromatic rings. The van der Waals surface area contributed by atoms with E-state index in [9.17, 15) is 0 Å². The van der Waals surface area contributed by atoms with E-state index in [2.05, 4.69) is 82.8 Å². The third-order valence-electron chi connectivity index (χ3n) is 10.2. The first-order valence-corrected chi connectivity index (χ1v) is 20.9. The van der Waals surface area contributed by atoms with Crippen LogP contribution in [-0.4, -0.2) is 19.1 Å². The Hall–Kier alpha value is -7.40. The summed E-state index contributed by atoms with van der Waals surface area (Å²) in [6, 6.07) is 58.7. The molecule has 4 aromatic carbocycles. The van der Waals surface area contributed by atoms with Gasteiger partial charge in [-0.2, -0.15) is 8.78 Å². The third-order valence-corrected chi connectivity index (χ3v) is 12.7. The van der Waals surface area contributed by atoms with E-state index in [-0.39, 0.29) is 11.9 Å². The van der Waals surface area contributed by atoms with E-state index in [0.29, 0.717) is 11.6 Å². The molecule has 6 nitrogen and oxygen atoms in total. The molecule has 0 amide bonds. The number of pyridine rings is 2. The maximum absolute atomic E-state index is 15.3. The number of halogens is 2. The zero-order valence-corrected chi connectivity index (χ0v) is 33.5. The molecule has 0 fully saturated rings. The smallest absolute Gasteiger partial charge is 0.199 e. The van der Waals surface area contributed by atoms with Crippen molar-refractivity contribution in [1.82, 2.24) is 19.1 Å². The highest BCUT2D eigenvalue weighted by Gasteiger charge is 2.22. The highest BCUT2D eigenvalue weighted by Crippen LogP contribution is 2.43. The van der Waals surface area contributed by atoms with Crippen LogP contribution in [0.1, 0.15) is 0 Å². The molecule has 0 N–H and O–H groups in total. The summed E-state index contributed by atoms with van der Waals surface area (Å²) < 4.78 is 33.9. The predicted octanol–water partition coefficient (Wildman–Crippen LogP) is 14.4. The summed E-state index contributed by atoms with van der Waals surface area (Å²) in [6.45, 7) is 0. The highest BCUT2D eigenvalue weighted by atomic mass is 32.1. The van der Waals surface area contributed by atoms with Gasteiger partial charge in [0.25, 0.3) is 0 Å². The highest BCUT2D eigenvalue weighted by molar-refractivity contribution is 7.25. The summed E-state index contributed by atoms with van der Waals surface area (Å²) in [4.78, 5) is 17.4. The van der Waals surface area contributed by atoms with Gasteiger partial charge in [0.05, 0.1) is 23.8 Å². The Morgan fingerprint density at radius 3 is 1.15 bits per heavy atom. The second-order valence-corrected chi connectivity index (χ2v) is 16.1. The summed E-state index contributed by atoms with van der Waals surface area (Å²) in [5, 5.41) is 0. The zero-order chi connectivity index (χ0) is 40.4. The average molecular weight is 821 g/mol. The van der Waals surface area contributed by atoms with E-state index >= 15 is 8.78 Å². The maximum atomic E-state index is 15.3. The van der Waals surface area contributed by atoms with E-state index < -0.39 is 0 Å². The quantitative estimate of drug-likeness (QED) is 0.130. The Morgan fingerprint density at radius 2 is 0.767 bits per heavy atom. The topological polar surface area (TPSA) is 42.1 Å². The number of thiophene rings is 2. The van der Waals surface area contributed by atoms with Gasteiger partial charge < -0.3 is 0 Å². The van der Waals surface area contributed by atoms with E-state index in [0.717, 1.165) is 55.0 Å². The lowest BCUT2D eigenvalue weighted by Gasteiger charge is -2.26. The van der Waals surface area contributed by atoms with Crippen molar-refractivity contribution in [2.24, 2.45) is 0 Å². The molecule has 0 unspecified atom stereocenters. The van der Waals surface area contributed by atoms with E-state index in [1.165, 1.54) is 21.9 Å². The van der Waals surface area contributed by atoms with Crippen LogP contribution in [0.4, 0.5) is 43.2 Å². The zero-order valence-electron chi connectivity index (χ0n) is 31.9. The SMILES string of the molecule is Fc1ccc(N(c2ccc(-c3ccc(-c4ccc(-c5ccc(N(c6cccnc6)c6ccc(F)n6-c6ccccc6)cc5)s4)s3)cc2)c2cccnc2)n1-c1ccccc1. The fraction of sp³-hybridized carbons (Fsp3) is 0. The van der Waals surface area contributed by atoms with Crippen molar-refractivity contribution >= 4 is 57.1 Å². The summed E-state index contributed by atoms with van der Waals surface area (Å²) >= 11 is 3.50. The van der Waals surface area contributed by atoms with Crippen LogP contribution in [0.25, 0.3) is 42.0 Å². The lowest BCUT2D eigenvalue weighted by atomic mass is 10.1. The number of aromatic nitrogens is 4. The molecule has 0 aliphatic rings. The molecule has 0 saturated heterocycles. The van der Waals surface area contributed by atoms with E-state index in [4.69, 9.17) is 0 Å². The van der Waals surface area contributed by atoms with Gasteiger partial charge in [-0.25, -0.2) is 0 Å². The van der Waals surface area contributed by atoms with Crippen LogP contribution in [0.2, 0.25) is 0 Å². The van der Waals surface area contributed by atoms with Gasteiger partial charge >= 0.3 is 0 Å². The number of anilines is 6. The molecule has 0 radical (unpaired) electrons. The fourth-order valence-corrected chi connectivity index (χ4v) is 9.53. The molecule has 6 aromatic heterocycles. The Labute approximate surface area is 353 Å². The summed E-state index contributed by atoms with van der Waals surface area (Å²) in [5.74, 6) is 0.635. The monoisotopic (exact) mass is 820 g/mol. The molecule has 290 valence electrons. The molecule has 0 bridgehead atoms. The van der Waals surface area contributed by atoms with Gasteiger partial charge in [0.2, 0.25) is 0 Å². The second kappa shape index (κ2) is 16.1. The molecule has 60 heavy (non-hydrogen) atoms. The Bertz CT molecular complexity index is 2790. The lowest BCUT2D eigenvalue weighted by Crippen LogP contribution is -2.15. The maximum Gasteiger partial charge on any atom is 0.199 e. The number of nitrogens with zero attached hydrogens (tertiary/aromatic N) is 6. The van der Waals surface area contributed by atoms with Gasteiger partial charge in [-0.1, -0.05) is 60.7 Å². The first-order chi connectivity index (χ1) is 29.6. The minimum atomic E-state index is -0.350. The van der Waals surface area contributed by atoms with Crippen LogP contribution in [0, 0.1) is 11.9 Å². The van der Waals surface area contributed by atoms with Gasteiger partial charge in [-0.3, -0.25) is 28.9 Å². The van der Waals surface area contributed by atoms with Gasteiger partial charge in [-0.05, 0) is 132 Å². The molecule has 0 aliphatic carbocycles. The molecule has 10 rings (SSSR count). The summed E-state index contributed by atoms with van der Waals surface area (Å²) in [6.07, 6.45) is 7.04.